The van der Waals surface area contributed by atoms with Crippen LogP contribution in [0.25, 0.3) is 10.9 Å². The molecule has 0 bridgehead atoms. The molecule has 1 aromatic heterocycles. The van der Waals surface area contributed by atoms with Crippen molar-refractivity contribution in [1.29, 1.82) is 0 Å². The van der Waals surface area contributed by atoms with Gasteiger partial charge in [0.15, 0.2) is 5.75 Å². The molecule has 0 aliphatic carbocycles. The molecule has 0 radical (unpaired) electrons. The summed E-state index contributed by atoms with van der Waals surface area (Å²) in [5, 5.41) is 12.9. The number of benzene rings is 2. The van der Waals surface area contributed by atoms with Crippen molar-refractivity contribution < 1.29 is 19.4 Å². The first-order valence-corrected chi connectivity index (χ1v) is 9.45. The van der Waals surface area contributed by atoms with Crippen LogP contribution in [0.4, 0.5) is 10.5 Å². The standard InChI is InChI=1S/C21H21ClN2O5/c1-3-24-12-19(29-21(26)27)20(25)14-10-16(15(22)11-17(14)24)23-9-8-13-6-4-5-7-18(13)28-2/h4-7,10-12,23H,3,8-9H2,1-2H3,(H,26,27). The fourth-order valence-electron chi connectivity index (χ4n) is 3.19. The van der Waals surface area contributed by atoms with Crippen LogP contribution < -0.4 is 20.2 Å². The monoisotopic (exact) mass is 416 g/mol. The Labute approximate surface area is 172 Å². The maximum absolute atomic E-state index is 12.7. The van der Waals surface area contributed by atoms with Gasteiger partial charge >= 0.3 is 6.16 Å². The normalized spacial score (nSPS) is 10.7. The second kappa shape index (κ2) is 8.87. The van der Waals surface area contributed by atoms with Crippen LogP contribution in [0, 0.1) is 0 Å². The summed E-state index contributed by atoms with van der Waals surface area (Å²) >= 11 is 6.42. The number of methoxy groups -OCH3 is 1. The number of carbonyl (C=O) groups is 1. The van der Waals surface area contributed by atoms with Crippen molar-refractivity contribution in [1.82, 2.24) is 4.57 Å². The molecule has 0 fully saturated rings. The lowest BCUT2D eigenvalue weighted by Crippen LogP contribution is -2.16. The quantitative estimate of drug-likeness (QED) is 0.555. The lowest BCUT2D eigenvalue weighted by Gasteiger charge is -2.15. The zero-order valence-corrected chi connectivity index (χ0v) is 16.8. The summed E-state index contributed by atoms with van der Waals surface area (Å²) in [4.78, 5) is 23.6. The van der Waals surface area contributed by atoms with E-state index < -0.39 is 11.6 Å². The lowest BCUT2D eigenvalue weighted by atomic mass is 10.1. The van der Waals surface area contributed by atoms with E-state index in [0.717, 1.165) is 11.3 Å². The molecule has 3 rings (SSSR count). The number of hydrogen-bond donors (Lipinski definition) is 2. The van der Waals surface area contributed by atoms with Gasteiger partial charge in [-0.05, 0) is 37.1 Å². The number of aromatic nitrogens is 1. The number of hydrogen-bond acceptors (Lipinski definition) is 5. The van der Waals surface area contributed by atoms with E-state index in [0.29, 0.717) is 41.1 Å². The van der Waals surface area contributed by atoms with Gasteiger partial charge in [0.05, 0.1) is 34.9 Å². The topological polar surface area (TPSA) is 89.8 Å². The first-order valence-electron chi connectivity index (χ1n) is 9.07. The van der Waals surface area contributed by atoms with Crippen molar-refractivity contribution in [3.63, 3.8) is 0 Å². The van der Waals surface area contributed by atoms with Gasteiger partial charge in [-0.2, -0.15) is 0 Å². The Morgan fingerprint density at radius 3 is 2.69 bits per heavy atom. The average molecular weight is 417 g/mol. The fraction of sp³-hybridized carbons (Fsp3) is 0.238. The summed E-state index contributed by atoms with van der Waals surface area (Å²) < 4.78 is 11.7. The molecule has 8 heteroatoms. The van der Waals surface area contributed by atoms with Crippen molar-refractivity contribution in [3.05, 3.63) is 63.4 Å². The number of aryl methyl sites for hydroxylation is 1. The molecule has 0 aliphatic rings. The third kappa shape index (κ3) is 4.46. The number of halogens is 1. The van der Waals surface area contributed by atoms with Crippen LogP contribution in [0.5, 0.6) is 11.5 Å². The summed E-state index contributed by atoms with van der Waals surface area (Å²) in [7, 11) is 1.63. The van der Waals surface area contributed by atoms with Crippen LogP contribution >= 0.6 is 11.6 Å². The van der Waals surface area contributed by atoms with Crippen LogP contribution in [0.1, 0.15) is 12.5 Å². The maximum Gasteiger partial charge on any atom is 0.511 e. The first-order chi connectivity index (χ1) is 13.9. The Kier molecular flexibility index (Phi) is 6.29. The molecule has 2 N–H and O–H groups in total. The van der Waals surface area contributed by atoms with Gasteiger partial charge in [0, 0.05) is 13.1 Å². The van der Waals surface area contributed by atoms with Crippen molar-refractivity contribution in [2.75, 3.05) is 19.0 Å². The molecule has 1 heterocycles. The van der Waals surface area contributed by atoms with E-state index in [1.165, 1.54) is 6.20 Å². The van der Waals surface area contributed by atoms with E-state index in [1.807, 2.05) is 31.2 Å². The fourth-order valence-corrected chi connectivity index (χ4v) is 3.41. The Bertz CT molecular complexity index is 1110. The van der Waals surface area contributed by atoms with E-state index in [2.05, 4.69) is 10.1 Å². The number of nitrogens with one attached hydrogen (secondary N) is 1. The third-order valence-electron chi connectivity index (χ3n) is 4.58. The summed E-state index contributed by atoms with van der Waals surface area (Å²) in [6.07, 6.45) is 0.539. The van der Waals surface area contributed by atoms with Gasteiger partial charge in [-0.25, -0.2) is 4.79 Å². The number of para-hydroxylation sites is 1. The number of carboxylic acid groups (broad SMARTS) is 1. The second-order valence-electron chi connectivity index (χ2n) is 6.31. The number of nitrogens with zero attached hydrogens (tertiary/aromatic N) is 1. The third-order valence-corrected chi connectivity index (χ3v) is 4.89. The van der Waals surface area contributed by atoms with Gasteiger partial charge in [0.1, 0.15) is 5.75 Å². The van der Waals surface area contributed by atoms with Gasteiger partial charge < -0.3 is 24.5 Å². The summed E-state index contributed by atoms with van der Waals surface area (Å²) in [6.45, 7) is 2.96. The SMILES string of the molecule is CCn1cc(OC(=O)O)c(=O)c2cc(NCCc3ccccc3OC)c(Cl)cc21. The molecule has 0 atom stereocenters. The number of pyridine rings is 1. The van der Waals surface area contributed by atoms with Gasteiger partial charge in [-0.15, -0.1) is 0 Å². The Morgan fingerprint density at radius 2 is 2.00 bits per heavy atom. The predicted octanol–water partition coefficient (Wildman–Crippen LogP) is 4.39. The molecule has 152 valence electrons. The molecule has 2 aromatic carbocycles. The molecule has 0 saturated carbocycles. The zero-order chi connectivity index (χ0) is 21.0. The van der Waals surface area contributed by atoms with Crippen molar-refractivity contribution >= 4 is 34.3 Å². The highest BCUT2D eigenvalue weighted by atomic mass is 35.5. The van der Waals surface area contributed by atoms with Crippen molar-refractivity contribution in [3.8, 4) is 11.5 Å². The highest BCUT2D eigenvalue weighted by Gasteiger charge is 2.15. The van der Waals surface area contributed by atoms with E-state index >= 15 is 0 Å². The zero-order valence-electron chi connectivity index (χ0n) is 16.1. The number of fused-ring (bicyclic) bond motifs is 1. The molecule has 0 unspecified atom stereocenters. The van der Waals surface area contributed by atoms with E-state index in [1.54, 1.807) is 23.8 Å². The van der Waals surface area contributed by atoms with Crippen molar-refractivity contribution in [2.24, 2.45) is 0 Å². The predicted molar refractivity (Wildman–Crippen MR) is 113 cm³/mol. The second-order valence-corrected chi connectivity index (χ2v) is 6.72. The van der Waals surface area contributed by atoms with Crippen LogP contribution in [0.2, 0.25) is 5.02 Å². The van der Waals surface area contributed by atoms with Crippen LogP contribution in [0.3, 0.4) is 0 Å². The molecular weight excluding hydrogens is 396 g/mol. The number of anilines is 1. The molecule has 7 nitrogen and oxygen atoms in total. The highest BCUT2D eigenvalue weighted by molar-refractivity contribution is 6.34. The summed E-state index contributed by atoms with van der Waals surface area (Å²) in [5.74, 6) is 0.564. The van der Waals surface area contributed by atoms with E-state index in [9.17, 15) is 9.59 Å². The maximum atomic E-state index is 12.7. The van der Waals surface area contributed by atoms with E-state index in [4.69, 9.17) is 21.4 Å². The Balaban J connectivity index is 1.92. The smallest absolute Gasteiger partial charge is 0.496 e. The van der Waals surface area contributed by atoms with Crippen LogP contribution in [0.15, 0.2) is 47.4 Å². The molecule has 3 aromatic rings. The average Bonchev–Trinajstić information content (AvgIpc) is 2.71. The molecule has 29 heavy (non-hydrogen) atoms. The van der Waals surface area contributed by atoms with Gasteiger partial charge in [0.2, 0.25) is 5.43 Å². The van der Waals surface area contributed by atoms with Crippen molar-refractivity contribution in [2.45, 2.75) is 19.9 Å². The first kappa shape index (κ1) is 20.5. The molecule has 0 spiro atoms. The van der Waals surface area contributed by atoms with Gasteiger partial charge in [-0.1, -0.05) is 29.8 Å². The molecule has 0 saturated heterocycles. The minimum absolute atomic E-state index is 0.242. The Morgan fingerprint density at radius 1 is 1.24 bits per heavy atom. The largest absolute Gasteiger partial charge is 0.511 e. The minimum Gasteiger partial charge on any atom is -0.496 e. The van der Waals surface area contributed by atoms with Crippen LogP contribution in [-0.2, 0) is 13.0 Å². The molecule has 0 amide bonds. The lowest BCUT2D eigenvalue weighted by molar-refractivity contribution is 0.144. The minimum atomic E-state index is -1.53. The van der Waals surface area contributed by atoms with E-state index in [-0.39, 0.29) is 5.75 Å². The molecule has 0 aliphatic heterocycles. The number of ether oxygens (including phenoxy) is 2. The van der Waals surface area contributed by atoms with Gasteiger partial charge in [0.25, 0.3) is 0 Å². The van der Waals surface area contributed by atoms with Crippen LogP contribution in [-0.4, -0.2) is 29.5 Å². The summed E-state index contributed by atoms with van der Waals surface area (Å²) in [6, 6.07) is 11.1. The Hall–Kier alpha value is -3.19. The summed E-state index contributed by atoms with van der Waals surface area (Å²) in [5.41, 5.74) is 1.73. The molecular formula is C21H21ClN2O5. The van der Waals surface area contributed by atoms with Gasteiger partial charge in [-0.3, -0.25) is 4.79 Å². The highest BCUT2D eigenvalue weighted by Crippen LogP contribution is 2.28. The number of rotatable bonds is 7.